The third kappa shape index (κ3) is 5.29. The van der Waals surface area contributed by atoms with Crippen molar-refractivity contribution in [3.05, 3.63) is 69.8 Å². The normalized spacial score (nSPS) is 20.3. The fourth-order valence-electron chi connectivity index (χ4n) is 4.58. The standard InChI is InChI=1S/C26H26F3N5O2S/c1-16-3-5-18(21(9-16)26(27,28)29)13-34-22-6-4-17(10-19(22)12-30-34)11-23-24(36)31-25(37-23)33-8-7-32(2)20(14-33)15-35/h3-6,9-12,20,35H,7-8,13-15H2,1-2H3/b23-11-/t20-/m1/s1. The lowest BCUT2D eigenvalue weighted by molar-refractivity contribution is -0.138. The molecule has 2 aliphatic rings. The van der Waals surface area contributed by atoms with Crippen molar-refractivity contribution in [3.63, 3.8) is 0 Å². The van der Waals surface area contributed by atoms with Crippen molar-refractivity contribution >= 4 is 39.8 Å². The van der Waals surface area contributed by atoms with Crippen LogP contribution in [0.2, 0.25) is 0 Å². The van der Waals surface area contributed by atoms with Crippen molar-refractivity contribution in [2.24, 2.45) is 4.99 Å². The second-order valence-corrected chi connectivity index (χ2v) is 10.4. The first-order valence-electron chi connectivity index (χ1n) is 11.8. The quantitative estimate of drug-likeness (QED) is 0.516. The average Bonchev–Trinajstić information content (AvgIpc) is 3.42. The highest BCUT2D eigenvalue weighted by Gasteiger charge is 2.34. The number of benzene rings is 2. The molecule has 1 N–H and O–H groups in total. The Bertz CT molecular complexity index is 1410. The lowest BCUT2D eigenvalue weighted by Gasteiger charge is -2.39. The van der Waals surface area contributed by atoms with Crippen molar-refractivity contribution in [3.8, 4) is 0 Å². The Morgan fingerprint density at radius 2 is 2.00 bits per heavy atom. The lowest BCUT2D eigenvalue weighted by atomic mass is 10.0. The number of carbonyl (C=O) groups excluding carboxylic acids is 1. The van der Waals surface area contributed by atoms with Gasteiger partial charge in [-0.05, 0) is 61.1 Å². The third-order valence-corrected chi connectivity index (χ3v) is 7.77. The molecule has 0 saturated carbocycles. The average molecular weight is 530 g/mol. The highest BCUT2D eigenvalue weighted by molar-refractivity contribution is 8.18. The fraction of sp³-hybridized carbons (Fsp3) is 0.346. The van der Waals surface area contributed by atoms with Crippen LogP contribution in [-0.4, -0.2) is 75.1 Å². The Morgan fingerprint density at radius 1 is 1.19 bits per heavy atom. The topological polar surface area (TPSA) is 74.0 Å². The number of aromatic nitrogens is 2. The van der Waals surface area contributed by atoms with Crippen LogP contribution in [0.3, 0.4) is 0 Å². The highest BCUT2D eigenvalue weighted by atomic mass is 32.2. The number of halogens is 3. The van der Waals surface area contributed by atoms with E-state index in [4.69, 9.17) is 0 Å². The zero-order valence-electron chi connectivity index (χ0n) is 20.4. The summed E-state index contributed by atoms with van der Waals surface area (Å²) in [5.41, 5.74) is 1.52. The minimum Gasteiger partial charge on any atom is -0.395 e. The van der Waals surface area contributed by atoms with Crippen molar-refractivity contribution < 1.29 is 23.1 Å². The molecule has 1 saturated heterocycles. The Morgan fingerprint density at radius 3 is 2.76 bits per heavy atom. The van der Waals surface area contributed by atoms with Gasteiger partial charge in [0.2, 0.25) is 0 Å². The predicted octanol–water partition coefficient (Wildman–Crippen LogP) is 3.99. The predicted molar refractivity (Wildman–Crippen MR) is 138 cm³/mol. The highest BCUT2D eigenvalue weighted by Crippen LogP contribution is 2.34. The maximum absolute atomic E-state index is 13.6. The van der Waals surface area contributed by atoms with Crippen LogP contribution in [0.4, 0.5) is 13.2 Å². The first-order chi connectivity index (χ1) is 17.6. The van der Waals surface area contributed by atoms with Crippen molar-refractivity contribution in [1.82, 2.24) is 19.6 Å². The molecule has 11 heteroatoms. The van der Waals surface area contributed by atoms with Crippen LogP contribution in [0.5, 0.6) is 0 Å². The number of amides is 1. The number of hydrogen-bond donors (Lipinski definition) is 1. The Hall–Kier alpha value is -3.15. The number of carbonyl (C=O) groups is 1. The molecule has 1 aromatic heterocycles. The number of aliphatic imine (C=N–C) groups is 1. The van der Waals surface area contributed by atoms with E-state index in [1.54, 1.807) is 36.0 Å². The molecule has 2 aliphatic heterocycles. The molecular formula is C26H26F3N5O2S. The van der Waals surface area contributed by atoms with E-state index < -0.39 is 11.7 Å². The van der Waals surface area contributed by atoms with E-state index in [0.29, 0.717) is 27.7 Å². The molecule has 0 aliphatic carbocycles. The number of nitrogens with zero attached hydrogens (tertiary/aromatic N) is 5. The van der Waals surface area contributed by atoms with Gasteiger partial charge in [0.25, 0.3) is 5.91 Å². The molecule has 1 amide bonds. The Kier molecular flexibility index (Phi) is 6.86. The first kappa shape index (κ1) is 25.5. The van der Waals surface area contributed by atoms with Crippen molar-refractivity contribution in [2.75, 3.05) is 33.3 Å². The van der Waals surface area contributed by atoms with Gasteiger partial charge >= 0.3 is 6.18 Å². The number of rotatable bonds is 4. The van der Waals surface area contributed by atoms with E-state index in [0.717, 1.165) is 30.1 Å². The Labute approximate surface area is 216 Å². The largest absolute Gasteiger partial charge is 0.416 e. The summed E-state index contributed by atoms with van der Waals surface area (Å²) in [6.07, 6.45) is -1.07. The maximum Gasteiger partial charge on any atom is 0.416 e. The maximum atomic E-state index is 13.6. The smallest absolute Gasteiger partial charge is 0.395 e. The number of fused-ring (bicyclic) bond motifs is 1. The Balaban J connectivity index is 1.34. The second-order valence-electron chi connectivity index (χ2n) is 9.35. The number of aliphatic hydroxyl groups is 1. The van der Waals surface area contributed by atoms with Crippen LogP contribution in [-0.2, 0) is 17.5 Å². The van der Waals surface area contributed by atoms with E-state index in [9.17, 15) is 23.1 Å². The molecule has 1 atom stereocenters. The van der Waals surface area contributed by atoms with Gasteiger partial charge < -0.3 is 10.0 Å². The molecule has 2 aromatic carbocycles. The molecule has 7 nitrogen and oxygen atoms in total. The van der Waals surface area contributed by atoms with E-state index in [-0.39, 0.29) is 30.7 Å². The summed E-state index contributed by atoms with van der Waals surface area (Å²) in [6.45, 7) is 3.76. The fourth-order valence-corrected chi connectivity index (χ4v) is 5.52. The van der Waals surface area contributed by atoms with Gasteiger partial charge in [-0.3, -0.25) is 14.4 Å². The van der Waals surface area contributed by atoms with Crippen LogP contribution in [0.1, 0.15) is 22.3 Å². The number of hydrogen-bond acceptors (Lipinski definition) is 6. The molecule has 0 spiro atoms. The number of alkyl halides is 3. The van der Waals surface area contributed by atoms with E-state index in [1.165, 1.54) is 17.8 Å². The van der Waals surface area contributed by atoms with Gasteiger partial charge in [0, 0.05) is 25.0 Å². The SMILES string of the molecule is Cc1ccc(Cn2ncc3cc(/C=C4\SC(N5CCN(C)[C@@H](CO)C5)=NC4=O)ccc32)c(C(F)(F)F)c1. The molecule has 3 aromatic rings. The van der Waals surface area contributed by atoms with E-state index in [1.807, 2.05) is 24.1 Å². The molecular weight excluding hydrogens is 503 g/mol. The van der Waals surface area contributed by atoms with E-state index >= 15 is 0 Å². The zero-order chi connectivity index (χ0) is 26.3. The summed E-state index contributed by atoms with van der Waals surface area (Å²) in [4.78, 5) is 21.4. The lowest BCUT2D eigenvalue weighted by Crippen LogP contribution is -2.53. The second kappa shape index (κ2) is 9.96. The summed E-state index contributed by atoms with van der Waals surface area (Å²) >= 11 is 1.31. The third-order valence-electron chi connectivity index (χ3n) is 6.72. The minimum absolute atomic E-state index is 0.00811. The summed E-state index contributed by atoms with van der Waals surface area (Å²) in [7, 11) is 1.96. The van der Waals surface area contributed by atoms with Gasteiger partial charge in [-0.25, -0.2) is 0 Å². The van der Waals surface area contributed by atoms with E-state index in [2.05, 4.69) is 15.0 Å². The molecule has 0 unspecified atom stereocenters. The van der Waals surface area contributed by atoms with Gasteiger partial charge in [-0.1, -0.05) is 23.8 Å². The van der Waals surface area contributed by atoms with Crippen molar-refractivity contribution in [1.29, 1.82) is 0 Å². The number of amidine groups is 1. The minimum atomic E-state index is -4.45. The van der Waals surface area contributed by atoms with Gasteiger partial charge in [-0.15, -0.1) is 0 Å². The molecule has 5 rings (SSSR count). The van der Waals surface area contributed by atoms with Crippen LogP contribution < -0.4 is 0 Å². The molecule has 0 bridgehead atoms. The summed E-state index contributed by atoms with van der Waals surface area (Å²) in [5.74, 6) is -0.311. The van der Waals surface area contributed by atoms with Gasteiger partial charge in [0.1, 0.15) is 0 Å². The molecule has 3 heterocycles. The van der Waals surface area contributed by atoms with Crippen LogP contribution in [0.15, 0.2) is 52.5 Å². The van der Waals surface area contributed by atoms with Gasteiger partial charge in [-0.2, -0.15) is 23.3 Å². The molecule has 37 heavy (non-hydrogen) atoms. The van der Waals surface area contributed by atoms with Gasteiger partial charge in [0.15, 0.2) is 5.17 Å². The molecule has 1 fully saturated rings. The summed E-state index contributed by atoms with van der Waals surface area (Å²) in [5, 5.41) is 15.3. The summed E-state index contributed by atoms with van der Waals surface area (Å²) < 4.78 is 42.2. The zero-order valence-corrected chi connectivity index (χ0v) is 21.2. The number of aryl methyl sites for hydroxylation is 1. The number of thioether (sulfide) groups is 1. The van der Waals surface area contributed by atoms with Crippen LogP contribution in [0.25, 0.3) is 17.0 Å². The van der Waals surface area contributed by atoms with Gasteiger partial charge in [0.05, 0.1) is 41.4 Å². The first-order valence-corrected chi connectivity index (χ1v) is 12.6. The van der Waals surface area contributed by atoms with Crippen LogP contribution >= 0.6 is 11.8 Å². The van der Waals surface area contributed by atoms with Crippen molar-refractivity contribution in [2.45, 2.75) is 25.7 Å². The number of piperazine rings is 1. The monoisotopic (exact) mass is 529 g/mol. The summed E-state index contributed by atoms with van der Waals surface area (Å²) in [6, 6.07) is 9.78. The molecule has 194 valence electrons. The number of likely N-dealkylation sites (N-methyl/N-ethyl adjacent to an activating group) is 1. The van der Waals surface area contributed by atoms with Crippen LogP contribution in [0, 0.1) is 6.92 Å². The molecule has 0 radical (unpaired) electrons. The number of aliphatic hydroxyl groups excluding tert-OH is 1.